The van der Waals surface area contributed by atoms with E-state index in [4.69, 9.17) is 11.6 Å². The third kappa shape index (κ3) is 4.61. The summed E-state index contributed by atoms with van der Waals surface area (Å²) in [5, 5.41) is 23.5. The summed E-state index contributed by atoms with van der Waals surface area (Å²) in [4.78, 5) is 17.3. The van der Waals surface area contributed by atoms with E-state index in [-0.39, 0.29) is 18.0 Å². The average molecular weight is 513 g/mol. The number of halogens is 3. The van der Waals surface area contributed by atoms with Gasteiger partial charge in [0, 0.05) is 22.6 Å². The maximum atomic E-state index is 14.8. The zero-order valence-corrected chi connectivity index (χ0v) is 20.0. The molecule has 2 heterocycles. The van der Waals surface area contributed by atoms with Gasteiger partial charge in [0.05, 0.1) is 35.7 Å². The second-order valence-electron chi connectivity index (χ2n) is 8.94. The van der Waals surface area contributed by atoms with Gasteiger partial charge in [0.25, 0.3) is 5.91 Å². The van der Waals surface area contributed by atoms with Gasteiger partial charge in [0.15, 0.2) is 0 Å². The third-order valence-corrected chi connectivity index (χ3v) is 6.67. The molecule has 2 N–H and O–H groups in total. The number of carbonyl (C=O) groups is 1. The Morgan fingerprint density at radius 3 is 2.61 bits per heavy atom. The Hall–Kier alpha value is -3.63. The van der Waals surface area contributed by atoms with Crippen LogP contribution in [0.1, 0.15) is 47.3 Å². The molecule has 0 radical (unpaired) electrons. The SMILES string of the molecule is C[C@@H](NC(=O)c1cnn(-c2ccc(Cl)cc2)c1C1CC1)[C@](O)(Cn1cncn1)c1ccc(F)cc1F. The lowest BCUT2D eigenvalue weighted by atomic mass is 9.86. The summed E-state index contributed by atoms with van der Waals surface area (Å²) in [5.41, 5.74) is -0.250. The maximum absolute atomic E-state index is 14.8. The van der Waals surface area contributed by atoms with Crippen LogP contribution in [0.15, 0.2) is 61.3 Å². The smallest absolute Gasteiger partial charge is 0.255 e. The second-order valence-corrected chi connectivity index (χ2v) is 9.38. The standard InChI is InChI=1S/C25H23ClF2N6O2/c1-15(25(36,12-33-14-29-13-31-33)21-9-6-18(27)10-22(21)28)32-24(35)20-11-30-34(23(20)16-2-3-16)19-7-4-17(26)5-8-19/h4-11,13-16,36H,2-3,12H2,1H3,(H,32,35)/t15-,25-/m1/s1. The molecular formula is C25H23ClF2N6O2. The quantitative estimate of drug-likeness (QED) is 0.372. The van der Waals surface area contributed by atoms with E-state index in [1.807, 2.05) is 12.1 Å². The lowest BCUT2D eigenvalue weighted by Gasteiger charge is -2.35. The van der Waals surface area contributed by atoms with Crippen molar-refractivity contribution in [3.05, 3.63) is 94.8 Å². The van der Waals surface area contributed by atoms with Crippen molar-refractivity contribution in [2.24, 2.45) is 0 Å². The van der Waals surface area contributed by atoms with Crippen molar-refractivity contribution in [3.63, 3.8) is 0 Å². The van der Waals surface area contributed by atoms with Crippen LogP contribution in [0, 0.1) is 11.6 Å². The number of hydrogen-bond donors (Lipinski definition) is 2. The number of hydrogen-bond acceptors (Lipinski definition) is 5. The van der Waals surface area contributed by atoms with Gasteiger partial charge >= 0.3 is 0 Å². The Morgan fingerprint density at radius 2 is 1.97 bits per heavy atom. The van der Waals surface area contributed by atoms with Crippen LogP contribution >= 0.6 is 11.6 Å². The summed E-state index contributed by atoms with van der Waals surface area (Å²) in [7, 11) is 0. The van der Waals surface area contributed by atoms with Gasteiger partial charge in [-0.1, -0.05) is 17.7 Å². The highest BCUT2D eigenvalue weighted by Crippen LogP contribution is 2.42. The molecule has 186 valence electrons. The van der Waals surface area contributed by atoms with Gasteiger partial charge in [-0.15, -0.1) is 0 Å². The van der Waals surface area contributed by atoms with Gasteiger partial charge in [-0.2, -0.15) is 10.2 Å². The fraction of sp³-hybridized carbons (Fsp3) is 0.280. The molecule has 0 bridgehead atoms. The van der Waals surface area contributed by atoms with Gasteiger partial charge in [0.1, 0.15) is 29.9 Å². The highest BCUT2D eigenvalue weighted by atomic mass is 35.5. The summed E-state index contributed by atoms with van der Waals surface area (Å²) < 4.78 is 31.4. The minimum atomic E-state index is -1.97. The molecule has 5 rings (SSSR count). The topological polar surface area (TPSA) is 97.9 Å². The van der Waals surface area contributed by atoms with Crippen LogP contribution in [0.3, 0.4) is 0 Å². The van der Waals surface area contributed by atoms with Crippen molar-refractivity contribution in [3.8, 4) is 5.69 Å². The number of carbonyl (C=O) groups excluding carboxylic acids is 1. The van der Waals surface area contributed by atoms with E-state index in [1.165, 1.54) is 29.6 Å². The van der Waals surface area contributed by atoms with Gasteiger partial charge < -0.3 is 10.4 Å². The van der Waals surface area contributed by atoms with E-state index in [1.54, 1.807) is 23.7 Å². The fourth-order valence-electron chi connectivity index (χ4n) is 4.32. The Bertz CT molecular complexity index is 1390. The Morgan fingerprint density at radius 1 is 1.22 bits per heavy atom. The van der Waals surface area contributed by atoms with Gasteiger partial charge in [-0.3, -0.25) is 4.79 Å². The minimum Gasteiger partial charge on any atom is -0.381 e. The number of benzene rings is 2. The Balaban J connectivity index is 1.47. The molecular weight excluding hydrogens is 490 g/mol. The van der Waals surface area contributed by atoms with Gasteiger partial charge in [-0.05, 0) is 50.1 Å². The summed E-state index contributed by atoms with van der Waals surface area (Å²) in [6.45, 7) is 1.33. The van der Waals surface area contributed by atoms with Crippen molar-refractivity contribution in [1.82, 2.24) is 29.9 Å². The van der Waals surface area contributed by atoms with Crippen LogP contribution in [0.2, 0.25) is 5.02 Å². The Labute approximate surface area is 210 Å². The molecule has 1 aliphatic carbocycles. The lowest BCUT2D eigenvalue weighted by molar-refractivity contribution is -0.0186. The monoisotopic (exact) mass is 512 g/mol. The molecule has 2 aromatic carbocycles. The van der Waals surface area contributed by atoms with Gasteiger partial charge in [-0.25, -0.2) is 23.1 Å². The van der Waals surface area contributed by atoms with Crippen molar-refractivity contribution in [2.75, 3.05) is 0 Å². The molecule has 4 aromatic rings. The van der Waals surface area contributed by atoms with Crippen LogP contribution in [0.4, 0.5) is 8.78 Å². The van der Waals surface area contributed by atoms with Crippen molar-refractivity contribution >= 4 is 17.5 Å². The molecule has 1 saturated carbocycles. The summed E-state index contributed by atoms with van der Waals surface area (Å²) >= 11 is 6.02. The fourth-order valence-corrected chi connectivity index (χ4v) is 4.45. The van der Waals surface area contributed by atoms with Gasteiger partial charge in [0.2, 0.25) is 0 Å². The van der Waals surface area contributed by atoms with Crippen LogP contribution in [-0.2, 0) is 12.1 Å². The van der Waals surface area contributed by atoms with E-state index in [0.717, 1.165) is 30.3 Å². The van der Waals surface area contributed by atoms with Crippen molar-refractivity contribution < 1.29 is 18.7 Å². The molecule has 11 heteroatoms. The maximum Gasteiger partial charge on any atom is 0.255 e. The molecule has 1 aliphatic rings. The minimum absolute atomic E-state index is 0.169. The number of aliphatic hydroxyl groups is 1. The summed E-state index contributed by atoms with van der Waals surface area (Å²) in [6, 6.07) is 9.05. The number of amides is 1. The summed E-state index contributed by atoms with van der Waals surface area (Å²) in [5.74, 6) is -2.01. The number of rotatable bonds is 8. The third-order valence-electron chi connectivity index (χ3n) is 6.42. The molecule has 0 unspecified atom stereocenters. The molecule has 0 saturated heterocycles. The lowest BCUT2D eigenvalue weighted by Crippen LogP contribution is -2.52. The Kier molecular flexibility index (Phi) is 6.31. The molecule has 0 aliphatic heterocycles. The predicted octanol–water partition coefficient (Wildman–Crippen LogP) is 3.98. The first-order valence-electron chi connectivity index (χ1n) is 11.4. The highest BCUT2D eigenvalue weighted by molar-refractivity contribution is 6.30. The zero-order chi connectivity index (χ0) is 25.4. The van der Waals surface area contributed by atoms with Crippen molar-refractivity contribution in [2.45, 2.75) is 43.9 Å². The number of nitrogens with one attached hydrogen (secondary N) is 1. The van der Waals surface area contributed by atoms with E-state index in [9.17, 15) is 18.7 Å². The molecule has 1 amide bonds. The van der Waals surface area contributed by atoms with Crippen molar-refractivity contribution in [1.29, 1.82) is 0 Å². The van der Waals surface area contributed by atoms with Crippen LogP contribution < -0.4 is 5.32 Å². The van der Waals surface area contributed by atoms with E-state index in [0.29, 0.717) is 16.7 Å². The zero-order valence-electron chi connectivity index (χ0n) is 19.3. The van der Waals surface area contributed by atoms with Crippen LogP contribution in [0.25, 0.3) is 5.69 Å². The normalized spacial score (nSPS) is 15.9. The molecule has 8 nitrogen and oxygen atoms in total. The molecule has 1 fully saturated rings. The molecule has 36 heavy (non-hydrogen) atoms. The molecule has 2 aromatic heterocycles. The number of aromatic nitrogens is 5. The highest BCUT2D eigenvalue weighted by Gasteiger charge is 2.41. The first kappa shape index (κ1) is 24.1. The van der Waals surface area contributed by atoms with Crippen LogP contribution in [-0.4, -0.2) is 41.6 Å². The predicted molar refractivity (Wildman–Crippen MR) is 128 cm³/mol. The van der Waals surface area contributed by atoms with E-state index >= 15 is 0 Å². The second kappa shape index (κ2) is 9.44. The molecule has 2 atom stereocenters. The first-order chi connectivity index (χ1) is 17.3. The number of nitrogens with zero attached hydrogens (tertiary/aromatic N) is 5. The summed E-state index contributed by atoms with van der Waals surface area (Å²) in [6.07, 6.45) is 5.97. The largest absolute Gasteiger partial charge is 0.381 e. The molecule has 0 spiro atoms. The first-order valence-corrected chi connectivity index (χ1v) is 11.8. The average Bonchev–Trinajstić information content (AvgIpc) is 3.36. The van der Waals surface area contributed by atoms with E-state index in [2.05, 4.69) is 20.5 Å². The van der Waals surface area contributed by atoms with Crippen LogP contribution in [0.5, 0.6) is 0 Å². The van der Waals surface area contributed by atoms with E-state index < -0.39 is 29.2 Å².